The minimum Gasteiger partial charge on any atom is -0.122 e. The highest BCUT2D eigenvalue weighted by Gasteiger charge is 2.27. The van der Waals surface area contributed by atoms with E-state index in [0.29, 0.717) is 0 Å². The molecule has 1 saturated carbocycles. The van der Waals surface area contributed by atoms with Gasteiger partial charge in [0.25, 0.3) is 0 Å². The summed E-state index contributed by atoms with van der Waals surface area (Å²) in [5.74, 6) is 3.20. The maximum atomic E-state index is 2.48. The summed E-state index contributed by atoms with van der Waals surface area (Å²) in [6.45, 7) is 7.13. The number of hydrogen-bond donors (Lipinski definition) is 0. The van der Waals surface area contributed by atoms with Crippen LogP contribution in [0.25, 0.3) is 0 Å². The molecular weight excluding hydrogens is 266 g/mol. The molecule has 0 spiro atoms. The molecule has 0 saturated heterocycles. The van der Waals surface area contributed by atoms with E-state index in [-0.39, 0.29) is 0 Å². The quantitative estimate of drug-likeness (QED) is 0.343. The van der Waals surface area contributed by atoms with Crippen molar-refractivity contribution in [2.24, 2.45) is 17.8 Å². The van der Waals surface area contributed by atoms with Crippen LogP contribution in [0.15, 0.2) is 0 Å². The summed E-state index contributed by atoms with van der Waals surface area (Å²) in [4.78, 5) is 0. The van der Waals surface area contributed by atoms with Crippen LogP contribution < -0.4 is 0 Å². The first-order valence-electron chi connectivity index (χ1n) is 8.69. The van der Waals surface area contributed by atoms with Crippen LogP contribution in [0.3, 0.4) is 0 Å². The van der Waals surface area contributed by atoms with Crippen LogP contribution in [-0.2, 0) is 0 Å². The van der Waals surface area contributed by atoms with Crippen LogP contribution in [0.1, 0.15) is 65.7 Å². The molecule has 1 aliphatic rings. The fraction of sp³-hybridized carbons (Fsp3) is 1.00. The van der Waals surface area contributed by atoms with Crippen molar-refractivity contribution in [1.29, 1.82) is 0 Å². The summed E-state index contributed by atoms with van der Waals surface area (Å²) in [7, 11) is 2.51. The van der Waals surface area contributed by atoms with Gasteiger partial charge in [0.15, 0.2) is 0 Å². The van der Waals surface area contributed by atoms with Crippen LogP contribution >= 0.6 is 17.2 Å². The second kappa shape index (κ2) is 11.5. The van der Waals surface area contributed by atoms with Crippen molar-refractivity contribution >= 4 is 17.2 Å². The van der Waals surface area contributed by atoms with Crippen molar-refractivity contribution in [3.8, 4) is 0 Å². The monoisotopic (exact) mass is 302 g/mol. The lowest BCUT2D eigenvalue weighted by Crippen LogP contribution is -2.27. The molecule has 0 radical (unpaired) electrons. The first kappa shape index (κ1) is 17.9. The molecule has 0 aliphatic heterocycles. The zero-order chi connectivity index (χ0) is 13.9. The zero-order valence-corrected chi connectivity index (χ0v) is 15.5. The van der Waals surface area contributed by atoms with Gasteiger partial charge in [0, 0.05) is 0 Å². The number of hydrogen-bond acceptors (Lipinski definition) is 0. The molecule has 1 rings (SSSR count). The molecule has 0 nitrogen and oxygen atoms in total. The fourth-order valence-electron chi connectivity index (χ4n) is 3.26. The summed E-state index contributed by atoms with van der Waals surface area (Å²) >= 11 is 0. The Kier molecular flexibility index (Phi) is 10.9. The summed E-state index contributed by atoms with van der Waals surface area (Å²) in [6.07, 6.45) is 16.4. The molecule has 0 aromatic rings. The molecule has 1 aliphatic carbocycles. The normalized spacial score (nSPS) is 28.9. The molecule has 19 heavy (non-hydrogen) atoms. The molecule has 3 unspecified atom stereocenters. The summed E-state index contributed by atoms with van der Waals surface area (Å²) in [5.41, 5.74) is 0. The van der Waals surface area contributed by atoms with E-state index in [1.54, 1.807) is 25.2 Å². The summed E-state index contributed by atoms with van der Waals surface area (Å²) < 4.78 is 0. The van der Waals surface area contributed by atoms with E-state index in [9.17, 15) is 0 Å². The molecule has 0 N–H and O–H groups in total. The van der Waals surface area contributed by atoms with Crippen molar-refractivity contribution in [3.63, 3.8) is 0 Å². The Labute approximate surface area is 125 Å². The van der Waals surface area contributed by atoms with Gasteiger partial charge in [-0.05, 0) is 68.1 Å². The smallest absolute Gasteiger partial charge is 0.0322 e. The SMILES string of the molecule is CCCCPC[C@@H]1CCC(C)C[C@@H]1CPCCCC. The van der Waals surface area contributed by atoms with E-state index in [4.69, 9.17) is 0 Å². The Morgan fingerprint density at radius 2 is 1.42 bits per heavy atom. The van der Waals surface area contributed by atoms with Crippen LogP contribution in [0.5, 0.6) is 0 Å². The lowest BCUT2D eigenvalue weighted by molar-refractivity contribution is 0.227. The van der Waals surface area contributed by atoms with Crippen molar-refractivity contribution in [1.82, 2.24) is 0 Å². The zero-order valence-electron chi connectivity index (χ0n) is 13.5. The predicted octanol–water partition coefficient (Wildman–Crippen LogP) is 6.00. The third-order valence-corrected chi connectivity index (χ3v) is 7.67. The van der Waals surface area contributed by atoms with Crippen LogP contribution in [0.4, 0.5) is 0 Å². The Morgan fingerprint density at radius 1 is 0.842 bits per heavy atom. The Bertz CT molecular complexity index is 205. The molecule has 0 bridgehead atoms. The summed E-state index contributed by atoms with van der Waals surface area (Å²) in [5, 5.41) is 0. The second-order valence-corrected chi connectivity index (χ2v) is 9.37. The van der Waals surface area contributed by atoms with E-state index in [2.05, 4.69) is 20.8 Å². The molecule has 0 aromatic heterocycles. The maximum Gasteiger partial charge on any atom is -0.0322 e. The van der Waals surface area contributed by atoms with Gasteiger partial charge in [-0.3, -0.25) is 0 Å². The van der Waals surface area contributed by atoms with Crippen molar-refractivity contribution < 1.29 is 0 Å². The third kappa shape index (κ3) is 8.02. The van der Waals surface area contributed by atoms with E-state index in [1.807, 2.05) is 0 Å². The lowest BCUT2D eigenvalue weighted by Gasteiger charge is -2.35. The first-order valence-corrected chi connectivity index (χ1v) is 11.5. The number of rotatable bonds is 10. The summed E-state index contributed by atoms with van der Waals surface area (Å²) in [6, 6.07) is 0. The van der Waals surface area contributed by atoms with Gasteiger partial charge in [0.05, 0.1) is 0 Å². The van der Waals surface area contributed by atoms with Gasteiger partial charge >= 0.3 is 0 Å². The van der Waals surface area contributed by atoms with E-state index in [1.165, 1.54) is 61.6 Å². The molecule has 5 atom stereocenters. The van der Waals surface area contributed by atoms with Gasteiger partial charge in [-0.1, -0.05) is 40.0 Å². The molecule has 1 fully saturated rings. The van der Waals surface area contributed by atoms with Crippen LogP contribution in [0.2, 0.25) is 0 Å². The third-order valence-electron chi connectivity index (χ3n) is 4.63. The van der Waals surface area contributed by atoms with Crippen LogP contribution in [-0.4, -0.2) is 24.6 Å². The molecule has 0 heterocycles. The van der Waals surface area contributed by atoms with E-state index < -0.39 is 0 Å². The molecular formula is C17H36P2. The van der Waals surface area contributed by atoms with E-state index in [0.717, 1.165) is 17.8 Å². The van der Waals surface area contributed by atoms with E-state index >= 15 is 0 Å². The average molecular weight is 302 g/mol. The standard InChI is InChI=1S/C17H36P2/c1-4-6-10-18-13-16-9-8-15(3)12-17(16)14-19-11-7-5-2/h15-19H,4-14H2,1-3H3/t15?,16-,17+/m0/s1. The average Bonchev–Trinajstić information content (AvgIpc) is 2.41. The van der Waals surface area contributed by atoms with Crippen molar-refractivity contribution in [3.05, 3.63) is 0 Å². The minimum absolute atomic E-state index is 1.01. The van der Waals surface area contributed by atoms with Crippen molar-refractivity contribution in [2.75, 3.05) is 24.6 Å². The Morgan fingerprint density at radius 3 is 2.00 bits per heavy atom. The Balaban J connectivity index is 2.24. The van der Waals surface area contributed by atoms with Gasteiger partial charge in [-0.15, -0.1) is 17.2 Å². The van der Waals surface area contributed by atoms with Gasteiger partial charge in [-0.2, -0.15) is 0 Å². The second-order valence-electron chi connectivity index (χ2n) is 6.55. The minimum atomic E-state index is 1.01. The van der Waals surface area contributed by atoms with Gasteiger partial charge < -0.3 is 0 Å². The molecule has 0 amide bonds. The highest BCUT2D eigenvalue weighted by molar-refractivity contribution is 7.38. The van der Waals surface area contributed by atoms with Gasteiger partial charge in [0.1, 0.15) is 0 Å². The van der Waals surface area contributed by atoms with Crippen molar-refractivity contribution in [2.45, 2.75) is 65.7 Å². The highest BCUT2D eigenvalue weighted by atomic mass is 31.1. The maximum absolute atomic E-state index is 2.48. The van der Waals surface area contributed by atoms with Gasteiger partial charge in [0.2, 0.25) is 0 Å². The molecule has 114 valence electrons. The fourth-order valence-corrected chi connectivity index (χ4v) is 6.65. The predicted molar refractivity (Wildman–Crippen MR) is 95.9 cm³/mol. The lowest BCUT2D eigenvalue weighted by atomic mass is 9.76. The van der Waals surface area contributed by atoms with Crippen LogP contribution in [0, 0.1) is 17.8 Å². The number of unbranched alkanes of at least 4 members (excludes halogenated alkanes) is 2. The topological polar surface area (TPSA) is 0 Å². The largest absolute Gasteiger partial charge is 0.122 e. The first-order chi connectivity index (χ1) is 9.27. The Hall–Kier alpha value is 0.860. The highest BCUT2D eigenvalue weighted by Crippen LogP contribution is 2.39. The molecule has 2 heteroatoms. The molecule has 0 aromatic carbocycles. The van der Waals surface area contributed by atoms with Gasteiger partial charge in [-0.25, -0.2) is 0 Å².